The Hall–Kier alpha value is -3.03. The number of rotatable bonds is 6. The summed E-state index contributed by atoms with van der Waals surface area (Å²) in [5.41, 5.74) is 1.31. The fraction of sp³-hybridized carbons (Fsp3) is 0.353. The number of aromatic nitrogens is 2. The molecule has 0 aliphatic heterocycles. The number of ether oxygens (including phenoxy) is 1. The van der Waals surface area contributed by atoms with Gasteiger partial charge in [0.15, 0.2) is 0 Å². The summed E-state index contributed by atoms with van der Waals surface area (Å²) in [4.78, 5) is 32.9. The number of nitro groups is 1. The molecule has 1 aromatic carbocycles. The van der Waals surface area contributed by atoms with Gasteiger partial charge in [0.05, 0.1) is 12.0 Å². The van der Waals surface area contributed by atoms with Crippen LogP contribution in [0.3, 0.4) is 0 Å². The fourth-order valence-corrected chi connectivity index (χ4v) is 2.58. The van der Waals surface area contributed by atoms with Crippen LogP contribution in [-0.4, -0.2) is 34.0 Å². The zero-order chi connectivity index (χ0) is 18.6. The average molecular weight is 344 g/mol. The van der Waals surface area contributed by atoms with Crippen LogP contribution in [0.25, 0.3) is 0 Å². The minimum Gasteiger partial charge on any atom is -0.467 e. The Morgan fingerprint density at radius 2 is 2.12 bits per heavy atom. The van der Waals surface area contributed by atoms with Crippen LogP contribution in [0.15, 0.2) is 30.5 Å². The van der Waals surface area contributed by atoms with Crippen LogP contribution in [-0.2, 0) is 9.53 Å². The monoisotopic (exact) mass is 344 g/mol. The van der Waals surface area contributed by atoms with Gasteiger partial charge in [-0.1, -0.05) is 19.1 Å². The summed E-state index contributed by atoms with van der Waals surface area (Å²) >= 11 is 0. The van der Waals surface area contributed by atoms with E-state index in [1.54, 1.807) is 17.9 Å². The maximum Gasteiger partial charge on any atom is 0.330 e. The highest BCUT2D eigenvalue weighted by Gasteiger charge is 2.33. The molecule has 0 saturated carbocycles. The predicted octanol–water partition coefficient (Wildman–Crippen LogP) is 3.09. The average Bonchev–Trinajstić information content (AvgIpc) is 2.58. The third-order valence-electron chi connectivity index (χ3n) is 3.75. The van der Waals surface area contributed by atoms with Crippen molar-refractivity contribution in [1.82, 2.24) is 9.97 Å². The molecule has 2 aromatic rings. The predicted molar refractivity (Wildman–Crippen MR) is 92.8 cm³/mol. The van der Waals surface area contributed by atoms with Gasteiger partial charge in [0.2, 0.25) is 5.82 Å². The van der Waals surface area contributed by atoms with E-state index in [4.69, 9.17) is 4.74 Å². The van der Waals surface area contributed by atoms with Crippen molar-refractivity contribution in [2.75, 3.05) is 12.0 Å². The minimum atomic E-state index is -0.750. The molecule has 0 radical (unpaired) electrons. The highest BCUT2D eigenvalue weighted by Crippen LogP contribution is 2.34. The Balaban J connectivity index is 2.73. The van der Waals surface area contributed by atoms with Gasteiger partial charge in [-0.2, -0.15) is 0 Å². The standard InChI is InChI=1S/C17H20N4O4/c1-5-14(17(22)25-4)20(13-8-6-7-11(2)9-13)16-15(21(23)24)10-18-12(3)19-16/h6-10,14H,5H2,1-4H3. The van der Waals surface area contributed by atoms with Crippen molar-refractivity contribution in [3.63, 3.8) is 0 Å². The molecular formula is C17H20N4O4. The summed E-state index contributed by atoms with van der Waals surface area (Å²) in [5, 5.41) is 11.5. The van der Waals surface area contributed by atoms with Crippen molar-refractivity contribution in [2.45, 2.75) is 33.2 Å². The van der Waals surface area contributed by atoms with Crippen molar-refractivity contribution in [2.24, 2.45) is 0 Å². The first-order valence-corrected chi connectivity index (χ1v) is 7.80. The van der Waals surface area contributed by atoms with Crippen LogP contribution in [0.1, 0.15) is 24.7 Å². The molecule has 1 unspecified atom stereocenters. The van der Waals surface area contributed by atoms with E-state index in [0.717, 1.165) is 11.8 Å². The Bertz CT molecular complexity index is 794. The Morgan fingerprint density at radius 1 is 1.40 bits per heavy atom. The van der Waals surface area contributed by atoms with E-state index >= 15 is 0 Å². The largest absolute Gasteiger partial charge is 0.467 e. The molecule has 0 aliphatic carbocycles. The fourth-order valence-electron chi connectivity index (χ4n) is 2.58. The number of esters is 1. The number of hydrogen-bond donors (Lipinski definition) is 0. The summed E-state index contributed by atoms with van der Waals surface area (Å²) in [7, 11) is 1.29. The van der Waals surface area contributed by atoms with Gasteiger partial charge in [0.1, 0.15) is 18.1 Å². The van der Waals surface area contributed by atoms with Crippen LogP contribution in [0.2, 0.25) is 0 Å². The molecule has 2 rings (SSSR count). The molecule has 1 heterocycles. The number of anilines is 2. The van der Waals surface area contributed by atoms with Gasteiger partial charge in [-0.15, -0.1) is 0 Å². The number of benzene rings is 1. The first-order chi connectivity index (χ1) is 11.9. The van der Waals surface area contributed by atoms with Crippen molar-refractivity contribution in [3.05, 3.63) is 52.0 Å². The van der Waals surface area contributed by atoms with Gasteiger partial charge in [-0.05, 0) is 38.0 Å². The highest BCUT2D eigenvalue weighted by molar-refractivity contribution is 5.85. The van der Waals surface area contributed by atoms with Gasteiger partial charge < -0.3 is 9.64 Å². The zero-order valence-corrected chi connectivity index (χ0v) is 14.6. The summed E-state index contributed by atoms with van der Waals surface area (Å²) in [6.07, 6.45) is 1.55. The second kappa shape index (κ2) is 7.69. The van der Waals surface area contributed by atoms with E-state index in [1.165, 1.54) is 7.11 Å². The van der Waals surface area contributed by atoms with Crippen LogP contribution in [0.5, 0.6) is 0 Å². The van der Waals surface area contributed by atoms with Crippen LogP contribution >= 0.6 is 0 Å². The van der Waals surface area contributed by atoms with E-state index in [9.17, 15) is 14.9 Å². The third kappa shape index (κ3) is 3.90. The summed E-state index contributed by atoms with van der Waals surface area (Å²) < 4.78 is 4.89. The molecule has 1 atom stereocenters. The van der Waals surface area contributed by atoms with Gasteiger partial charge in [0.25, 0.3) is 0 Å². The molecular weight excluding hydrogens is 324 g/mol. The van der Waals surface area contributed by atoms with E-state index in [1.807, 2.05) is 32.0 Å². The lowest BCUT2D eigenvalue weighted by atomic mass is 10.1. The third-order valence-corrected chi connectivity index (χ3v) is 3.75. The molecule has 0 saturated heterocycles. The highest BCUT2D eigenvalue weighted by atomic mass is 16.6. The summed E-state index contributed by atoms with van der Waals surface area (Å²) in [5.74, 6) is -0.0482. The lowest BCUT2D eigenvalue weighted by Gasteiger charge is -2.30. The minimum absolute atomic E-state index is 0.0698. The van der Waals surface area contributed by atoms with Gasteiger partial charge in [-0.25, -0.2) is 14.8 Å². The first kappa shape index (κ1) is 18.3. The summed E-state index contributed by atoms with van der Waals surface area (Å²) in [6, 6.07) is 6.59. The molecule has 0 N–H and O–H groups in total. The van der Waals surface area contributed by atoms with Crippen molar-refractivity contribution in [1.29, 1.82) is 0 Å². The lowest BCUT2D eigenvalue weighted by Crippen LogP contribution is -2.39. The molecule has 8 heteroatoms. The molecule has 0 spiro atoms. The number of methoxy groups -OCH3 is 1. The van der Waals surface area contributed by atoms with Crippen LogP contribution in [0.4, 0.5) is 17.2 Å². The quantitative estimate of drug-likeness (QED) is 0.451. The van der Waals surface area contributed by atoms with Crippen molar-refractivity contribution in [3.8, 4) is 0 Å². The molecule has 1 aromatic heterocycles. The number of aryl methyl sites for hydroxylation is 2. The number of hydrogen-bond acceptors (Lipinski definition) is 7. The molecule has 0 aliphatic rings. The van der Waals surface area contributed by atoms with Gasteiger partial charge >= 0.3 is 11.7 Å². The molecule has 0 bridgehead atoms. The SMILES string of the molecule is CCC(C(=O)OC)N(c1cccc(C)c1)c1nc(C)ncc1[N+](=O)[O-]. The van der Waals surface area contributed by atoms with Gasteiger partial charge in [0, 0.05) is 5.69 Å². The molecule has 25 heavy (non-hydrogen) atoms. The van der Waals surface area contributed by atoms with E-state index < -0.39 is 16.9 Å². The molecule has 132 valence electrons. The smallest absolute Gasteiger partial charge is 0.330 e. The topological polar surface area (TPSA) is 98.5 Å². The first-order valence-electron chi connectivity index (χ1n) is 7.80. The van der Waals surface area contributed by atoms with Crippen molar-refractivity contribution >= 4 is 23.2 Å². The van der Waals surface area contributed by atoms with E-state index in [-0.39, 0.29) is 11.5 Å². The number of carbonyl (C=O) groups excluding carboxylic acids is 1. The van der Waals surface area contributed by atoms with Gasteiger partial charge in [-0.3, -0.25) is 10.1 Å². The van der Waals surface area contributed by atoms with Crippen LogP contribution in [0, 0.1) is 24.0 Å². The van der Waals surface area contributed by atoms with E-state index in [0.29, 0.717) is 17.9 Å². The second-order valence-electron chi connectivity index (χ2n) is 5.54. The lowest BCUT2D eigenvalue weighted by molar-refractivity contribution is -0.384. The molecule has 0 fully saturated rings. The zero-order valence-electron chi connectivity index (χ0n) is 14.6. The Labute approximate surface area is 145 Å². The van der Waals surface area contributed by atoms with E-state index in [2.05, 4.69) is 9.97 Å². The second-order valence-corrected chi connectivity index (χ2v) is 5.54. The molecule has 0 amide bonds. The normalized spacial score (nSPS) is 11.7. The Morgan fingerprint density at radius 3 is 2.68 bits per heavy atom. The van der Waals surface area contributed by atoms with Crippen molar-refractivity contribution < 1.29 is 14.5 Å². The Kier molecular flexibility index (Phi) is 5.63. The van der Waals surface area contributed by atoms with Crippen LogP contribution < -0.4 is 4.90 Å². The maximum absolute atomic E-state index is 12.3. The molecule has 8 nitrogen and oxygen atoms in total. The maximum atomic E-state index is 12.3. The summed E-state index contributed by atoms with van der Waals surface area (Å²) in [6.45, 7) is 5.35. The number of nitrogens with zero attached hydrogens (tertiary/aromatic N) is 4. The number of carbonyl (C=O) groups is 1.